The molecule has 2 aliphatic heterocycles. The molecule has 4 rings (SSSR count). The molecule has 0 N–H and O–H groups in total. The summed E-state index contributed by atoms with van der Waals surface area (Å²) in [6, 6.07) is 12.4. The van der Waals surface area contributed by atoms with E-state index in [-0.39, 0.29) is 5.91 Å². The number of likely N-dealkylation sites (tertiary alicyclic amines) is 1. The molecule has 0 radical (unpaired) electrons. The molecular formula is C21H25N3O. The van der Waals surface area contributed by atoms with Crippen LogP contribution in [0.1, 0.15) is 41.3 Å². The Bertz CT molecular complexity index is 773. The van der Waals surface area contributed by atoms with Crippen molar-refractivity contribution in [1.29, 1.82) is 0 Å². The second-order valence-corrected chi connectivity index (χ2v) is 7.31. The molecule has 0 aliphatic carbocycles. The number of aromatic nitrogens is 1. The van der Waals surface area contributed by atoms with E-state index in [4.69, 9.17) is 0 Å². The van der Waals surface area contributed by atoms with Crippen molar-refractivity contribution in [3.63, 3.8) is 0 Å². The molecule has 1 fully saturated rings. The van der Waals surface area contributed by atoms with E-state index >= 15 is 0 Å². The third kappa shape index (κ3) is 3.26. The van der Waals surface area contributed by atoms with E-state index in [0.29, 0.717) is 5.92 Å². The van der Waals surface area contributed by atoms with Crippen LogP contribution in [0, 0.1) is 5.92 Å². The zero-order valence-corrected chi connectivity index (χ0v) is 14.8. The highest BCUT2D eigenvalue weighted by atomic mass is 16.2. The zero-order chi connectivity index (χ0) is 17.2. The lowest BCUT2D eigenvalue weighted by molar-refractivity contribution is 0.0683. The maximum Gasteiger partial charge on any atom is 0.257 e. The number of nitrogens with zero attached hydrogens (tertiary/aromatic N) is 3. The lowest BCUT2D eigenvalue weighted by Gasteiger charge is -2.34. The number of benzene rings is 1. The maximum atomic E-state index is 13.1. The van der Waals surface area contributed by atoms with Crippen molar-refractivity contribution in [3.8, 4) is 0 Å². The van der Waals surface area contributed by atoms with Crippen LogP contribution < -0.4 is 4.90 Å². The lowest BCUT2D eigenvalue weighted by Crippen LogP contribution is -2.40. The van der Waals surface area contributed by atoms with Crippen LogP contribution in [-0.4, -0.2) is 35.4 Å². The maximum absolute atomic E-state index is 13.1. The highest BCUT2D eigenvalue weighted by Gasteiger charge is 2.27. The van der Waals surface area contributed by atoms with E-state index in [0.717, 1.165) is 50.4 Å². The first-order valence-corrected chi connectivity index (χ1v) is 9.28. The van der Waals surface area contributed by atoms with Crippen molar-refractivity contribution in [2.45, 2.75) is 32.7 Å². The normalized spacial score (nSPS) is 20.3. The molecule has 0 bridgehead atoms. The number of anilines is 1. The predicted octanol–water partition coefficient (Wildman–Crippen LogP) is 3.52. The minimum atomic E-state index is 0.133. The Morgan fingerprint density at radius 3 is 2.80 bits per heavy atom. The van der Waals surface area contributed by atoms with Crippen LogP contribution in [0.5, 0.6) is 0 Å². The van der Waals surface area contributed by atoms with Crippen molar-refractivity contribution in [2.75, 3.05) is 24.5 Å². The van der Waals surface area contributed by atoms with Crippen molar-refractivity contribution in [2.24, 2.45) is 5.92 Å². The summed E-state index contributed by atoms with van der Waals surface area (Å²) >= 11 is 0. The summed E-state index contributed by atoms with van der Waals surface area (Å²) in [7, 11) is 0. The quantitative estimate of drug-likeness (QED) is 0.842. The summed E-state index contributed by atoms with van der Waals surface area (Å²) < 4.78 is 0. The molecule has 0 saturated carbocycles. The van der Waals surface area contributed by atoms with Crippen LogP contribution in [0.3, 0.4) is 0 Å². The number of carbonyl (C=O) groups excluding carboxylic acids is 1. The summed E-state index contributed by atoms with van der Waals surface area (Å²) in [5, 5.41) is 0. The minimum Gasteiger partial charge on any atom is -0.351 e. The smallest absolute Gasteiger partial charge is 0.257 e. The summed E-state index contributed by atoms with van der Waals surface area (Å²) in [5.41, 5.74) is 3.49. The molecule has 0 spiro atoms. The van der Waals surface area contributed by atoms with Crippen LogP contribution in [0.25, 0.3) is 0 Å². The summed E-state index contributed by atoms with van der Waals surface area (Å²) in [5.74, 6) is 1.55. The molecular weight excluding hydrogens is 310 g/mol. The third-order valence-corrected chi connectivity index (χ3v) is 5.39. The molecule has 130 valence electrons. The summed E-state index contributed by atoms with van der Waals surface area (Å²) in [6.07, 6.45) is 5.11. The predicted molar refractivity (Wildman–Crippen MR) is 99.7 cm³/mol. The zero-order valence-electron chi connectivity index (χ0n) is 14.8. The fraction of sp³-hybridized carbons (Fsp3) is 0.429. The first-order chi connectivity index (χ1) is 12.2. The van der Waals surface area contributed by atoms with Gasteiger partial charge in [-0.15, -0.1) is 0 Å². The van der Waals surface area contributed by atoms with Gasteiger partial charge >= 0.3 is 0 Å². The number of carbonyl (C=O) groups is 1. The Hall–Kier alpha value is -2.36. The first kappa shape index (κ1) is 16.1. The topological polar surface area (TPSA) is 36.4 Å². The van der Waals surface area contributed by atoms with Gasteiger partial charge in [-0.2, -0.15) is 0 Å². The van der Waals surface area contributed by atoms with Crippen molar-refractivity contribution < 1.29 is 4.79 Å². The van der Waals surface area contributed by atoms with Gasteiger partial charge in [-0.25, -0.2) is 4.98 Å². The molecule has 3 heterocycles. The van der Waals surface area contributed by atoms with Gasteiger partial charge < -0.3 is 9.80 Å². The van der Waals surface area contributed by atoms with E-state index in [1.165, 1.54) is 17.5 Å². The number of amides is 1. The molecule has 1 atom stereocenters. The van der Waals surface area contributed by atoms with E-state index in [1.807, 2.05) is 17.0 Å². The monoisotopic (exact) mass is 335 g/mol. The molecule has 1 aromatic carbocycles. The minimum absolute atomic E-state index is 0.133. The average Bonchev–Trinajstić information content (AvgIpc) is 2.67. The number of hydrogen-bond donors (Lipinski definition) is 0. The van der Waals surface area contributed by atoms with Crippen LogP contribution in [0.15, 0.2) is 42.6 Å². The Balaban J connectivity index is 1.60. The van der Waals surface area contributed by atoms with Crippen LogP contribution >= 0.6 is 0 Å². The van der Waals surface area contributed by atoms with Crippen LogP contribution in [0.2, 0.25) is 0 Å². The van der Waals surface area contributed by atoms with Gasteiger partial charge in [0.1, 0.15) is 5.82 Å². The molecule has 1 saturated heterocycles. The summed E-state index contributed by atoms with van der Waals surface area (Å²) in [6.45, 7) is 5.68. The number of rotatable bonds is 2. The van der Waals surface area contributed by atoms with Gasteiger partial charge in [0.05, 0.1) is 5.56 Å². The lowest BCUT2D eigenvalue weighted by atomic mass is 9.98. The number of pyridine rings is 1. The molecule has 2 aliphatic rings. The summed E-state index contributed by atoms with van der Waals surface area (Å²) in [4.78, 5) is 22.0. The number of hydrogen-bond acceptors (Lipinski definition) is 3. The average molecular weight is 335 g/mol. The SMILES string of the molecule is CC1CCCN(C(=O)c2cccnc2N2CCc3ccccc3C2)C1. The van der Waals surface area contributed by atoms with Crippen LogP contribution in [0.4, 0.5) is 5.82 Å². The fourth-order valence-electron chi connectivity index (χ4n) is 4.04. The molecule has 1 unspecified atom stereocenters. The van der Waals surface area contributed by atoms with E-state index in [9.17, 15) is 4.79 Å². The largest absolute Gasteiger partial charge is 0.351 e. The van der Waals surface area contributed by atoms with Crippen molar-refractivity contribution in [1.82, 2.24) is 9.88 Å². The molecule has 1 amide bonds. The molecule has 1 aromatic heterocycles. The Kier molecular flexibility index (Phi) is 4.43. The van der Waals surface area contributed by atoms with Gasteiger partial charge in [0.25, 0.3) is 5.91 Å². The van der Waals surface area contributed by atoms with Gasteiger partial charge in [0, 0.05) is 32.4 Å². The van der Waals surface area contributed by atoms with Gasteiger partial charge in [-0.3, -0.25) is 4.79 Å². The van der Waals surface area contributed by atoms with Gasteiger partial charge in [-0.05, 0) is 48.4 Å². The highest BCUT2D eigenvalue weighted by Crippen LogP contribution is 2.27. The number of fused-ring (bicyclic) bond motifs is 1. The fourth-order valence-corrected chi connectivity index (χ4v) is 4.04. The molecule has 4 nitrogen and oxygen atoms in total. The Morgan fingerprint density at radius 1 is 1.12 bits per heavy atom. The van der Waals surface area contributed by atoms with E-state index in [2.05, 4.69) is 41.1 Å². The van der Waals surface area contributed by atoms with Crippen molar-refractivity contribution in [3.05, 3.63) is 59.3 Å². The Labute approximate surface area is 149 Å². The van der Waals surface area contributed by atoms with E-state index < -0.39 is 0 Å². The van der Waals surface area contributed by atoms with Gasteiger partial charge in [-0.1, -0.05) is 31.2 Å². The molecule has 2 aromatic rings. The molecule has 4 heteroatoms. The van der Waals surface area contributed by atoms with Gasteiger partial charge in [0.2, 0.25) is 0 Å². The Morgan fingerprint density at radius 2 is 1.96 bits per heavy atom. The number of piperidine rings is 1. The second-order valence-electron chi connectivity index (χ2n) is 7.31. The van der Waals surface area contributed by atoms with Crippen molar-refractivity contribution >= 4 is 11.7 Å². The highest BCUT2D eigenvalue weighted by molar-refractivity contribution is 5.99. The molecule has 25 heavy (non-hydrogen) atoms. The standard InChI is InChI=1S/C21H25N3O/c1-16-6-5-12-24(14-16)21(25)19-9-4-11-22-20(19)23-13-10-17-7-2-3-8-18(17)15-23/h2-4,7-9,11,16H,5-6,10,12-15H2,1H3. The van der Waals surface area contributed by atoms with E-state index in [1.54, 1.807) is 6.20 Å². The second kappa shape index (κ2) is 6.87. The van der Waals surface area contributed by atoms with Gasteiger partial charge in [0.15, 0.2) is 0 Å². The third-order valence-electron chi connectivity index (χ3n) is 5.39. The van der Waals surface area contributed by atoms with Crippen LogP contribution in [-0.2, 0) is 13.0 Å². The first-order valence-electron chi connectivity index (χ1n) is 9.28.